The Bertz CT molecular complexity index is 1670. The van der Waals surface area contributed by atoms with Gasteiger partial charge < -0.3 is 10.2 Å². The third kappa shape index (κ3) is 5.91. The van der Waals surface area contributed by atoms with Crippen LogP contribution in [0.1, 0.15) is 44.0 Å². The van der Waals surface area contributed by atoms with Crippen LogP contribution in [-0.4, -0.2) is 88.9 Å². The highest BCUT2D eigenvalue weighted by atomic mass is 32.2. The minimum Gasteiger partial charge on any atom is -0.353 e. The topological polar surface area (TPSA) is 125 Å². The number of pyridine rings is 1. The third-order valence-corrected chi connectivity index (χ3v) is 10.9. The number of anilines is 1. The van der Waals surface area contributed by atoms with Crippen molar-refractivity contribution >= 4 is 38.7 Å². The molecule has 2 aliphatic rings. The Morgan fingerprint density at radius 3 is 2.62 bits per heavy atom. The number of nitrogens with one attached hydrogen (secondary N) is 2. The van der Waals surface area contributed by atoms with Crippen molar-refractivity contribution in [2.75, 3.05) is 37.6 Å². The van der Waals surface area contributed by atoms with Gasteiger partial charge in [-0.2, -0.15) is 5.10 Å². The summed E-state index contributed by atoms with van der Waals surface area (Å²) < 4.78 is 29.4. The lowest BCUT2D eigenvalue weighted by Gasteiger charge is -2.40. The molecule has 1 unspecified atom stereocenters. The van der Waals surface area contributed by atoms with E-state index in [0.29, 0.717) is 47.9 Å². The molecule has 6 rings (SSSR count). The smallest absolute Gasteiger partial charge is 0.251 e. The van der Waals surface area contributed by atoms with E-state index in [1.165, 1.54) is 0 Å². The van der Waals surface area contributed by atoms with Gasteiger partial charge >= 0.3 is 0 Å². The fourth-order valence-corrected chi connectivity index (χ4v) is 7.58. The molecule has 5 heterocycles. The highest BCUT2D eigenvalue weighted by Gasteiger charge is 2.40. The first-order valence-electron chi connectivity index (χ1n) is 14.4. The van der Waals surface area contributed by atoms with Crippen LogP contribution in [0.25, 0.3) is 27.5 Å². The van der Waals surface area contributed by atoms with E-state index in [1.54, 1.807) is 34.2 Å². The van der Waals surface area contributed by atoms with Crippen molar-refractivity contribution in [3.05, 3.63) is 53.7 Å². The monoisotopic (exact) mass is 608 g/mol. The summed E-state index contributed by atoms with van der Waals surface area (Å²) in [6.07, 6.45) is 5.05. The van der Waals surface area contributed by atoms with Crippen molar-refractivity contribution in [1.29, 1.82) is 0 Å². The summed E-state index contributed by atoms with van der Waals surface area (Å²) in [7, 11) is -3.28. The summed E-state index contributed by atoms with van der Waals surface area (Å²) in [5, 5.41) is 9.34. The summed E-state index contributed by atoms with van der Waals surface area (Å²) in [5.74, 6) is 0.430. The van der Waals surface area contributed by atoms with Crippen LogP contribution in [-0.2, 0) is 10.0 Å². The van der Waals surface area contributed by atoms with Crippen LogP contribution in [0.5, 0.6) is 0 Å². The average Bonchev–Trinajstić information content (AvgIpc) is 3.54. The van der Waals surface area contributed by atoms with E-state index in [9.17, 15) is 13.2 Å². The molecule has 2 N–H and O–H groups in total. The van der Waals surface area contributed by atoms with Crippen molar-refractivity contribution < 1.29 is 13.2 Å². The minimum absolute atomic E-state index is 0.180. The zero-order valence-corrected chi connectivity index (χ0v) is 25.7. The highest BCUT2D eigenvalue weighted by Crippen LogP contribution is 2.31. The maximum absolute atomic E-state index is 13.5. The molecule has 1 atom stereocenters. The Hall–Kier alpha value is -3.39. The van der Waals surface area contributed by atoms with Crippen LogP contribution < -0.4 is 14.9 Å². The van der Waals surface area contributed by atoms with Gasteiger partial charge in [-0.1, -0.05) is 19.9 Å². The standard InChI is InChI=1S/C29H36N8O3S2/c1-4-35(5-2)19(3)15-30-29(38)20-13-25(23-16-31-37-11-10-24(33-28(23)37)26-7-6-12-41-26)32-27(14-20)36-17-21(18-36)34-42(39,40)22-8-9-22/h6-7,10-14,16,19,21-22,34H,4-5,8-9,15,17-18H2,1-3H3,(H,30,38). The number of hydrogen-bond acceptors (Lipinski definition) is 9. The van der Waals surface area contributed by atoms with E-state index >= 15 is 0 Å². The van der Waals surface area contributed by atoms with E-state index in [1.807, 2.05) is 34.7 Å². The Balaban J connectivity index is 1.30. The number of rotatable bonds is 12. The molecule has 1 saturated carbocycles. The molecule has 13 heteroatoms. The molecule has 222 valence electrons. The molecule has 1 saturated heterocycles. The van der Waals surface area contributed by atoms with Crippen LogP contribution in [0.15, 0.2) is 48.1 Å². The average molecular weight is 609 g/mol. The number of thiophene rings is 1. The molecule has 4 aromatic heterocycles. The Morgan fingerprint density at radius 1 is 1.14 bits per heavy atom. The summed E-state index contributed by atoms with van der Waals surface area (Å²) >= 11 is 1.61. The Labute approximate surface area is 250 Å². The largest absolute Gasteiger partial charge is 0.353 e. The molecule has 0 radical (unpaired) electrons. The van der Waals surface area contributed by atoms with E-state index in [0.717, 1.165) is 36.5 Å². The molecule has 1 aliphatic heterocycles. The molecular formula is C29H36N8O3S2. The number of fused-ring (bicyclic) bond motifs is 1. The highest BCUT2D eigenvalue weighted by molar-refractivity contribution is 7.90. The van der Waals surface area contributed by atoms with Crippen molar-refractivity contribution in [2.24, 2.45) is 0 Å². The van der Waals surface area contributed by atoms with E-state index in [-0.39, 0.29) is 23.2 Å². The first-order valence-corrected chi connectivity index (χ1v) is 16.9. The Morgan fingerprint density at radius 2 is 1.93 bits per heavy atom. The normalized spacial score (nSPS) is 16.6. The van der Waals surface area contributed by atoms with Gasteiger partial charge in [0.1, 0.15) is 5.82 Å². The lowest BCUT2D eigenvalue weighted by molar-refractivity contribution is 0.0938. The maximum Gasteiger partial charge on any atom is 0.251 e. The van der Waals surface area contributed by atoms with Crippen molar-refractivity contribution in [2.45, 2.75) is 50.9 Å². The van der Waals surface area contributed by atoms with E-state index < -0.39 is 10.0 Å². The lowest BCUT2D eigenvalue weighted by atomic mass is 10.1. The molecule has 1 amide bonds. The van der Waals surface area contributed by atoms with Crippen molar-refractivity contribution in [3.63, 3.8) is 0 Å². The predicted molar refractivity (Wildman–Crippen MR) is 165 cm³/mol. The number of amides is 1. The summed E-state index contributed by atoms with van der Waals surface area (Å²) in [4.78, 5) is 28.6. The molecular weight excluding hydrogens is 573 g/mol. The van der Waals surface area contributed by atoms with Crippen LogP contribution in [0, 0.1) is 0 Å². The van der Waals surface area contributed by atoms with Gasteiger partial charge in [-0.15, -0.1) is 11.3 Å². The molecule has 4 aromatic rings. The number of likely N-dealkylation sites (N-methyl/N-ethyl adjacent to an activating group) is 1. The molecule has 11 nitrogen and oxygen atoms in total. The number of carbonyl (C=O) groups is 1. The predicted octanol–water partition coefficient (Wildman–Crippen LogP) is 3.25. The second-order valence-electron chi connectivity index (χ2n) is 11.0. The number of nitrogens with zero attached hydrogens (tertiary/aromatic N) is 6. The maximum atomic E-state index is 13.5. The fraction of sp³-hybridized carbons (Fsp3) is 0.448. The van der Waals surface area contributed by atoms with E-state index in [2.05, 4.69) is 40.8 Å². The zero-order valence-electron chi connectivity index (χ0n) is 24.0. The summed E-state index contributed by atoms with van der Waals surface area (Å²) in [6, 6.07) is 9.52. The second-order valence-corrected chi connectivity index (χ2v) is 13.9. The quantitative estimate of drug-likeness (QED) is 0.251. The van der Waals surface area contributed by atoms with Gasteiger partial charge in [-0.25, -0.2) is 27.6 Å². The second kappa shape index (κ2) is 11.7. The molecule has 0 aromatic carbocycles. The van der Waals surface area contributed by atoms with E-state index in [4.69, 9.17) is 9.97 Å². The molecule has 0 bridgehead atoms. The number of aromatic nitrogens is 4. The van der Waals surface area contributed by atoms with Crippen LogP contribution in [0.4, 0.5) is 5.82 Å². The molecule has 42 heavy (non-hydrogen) atoms. The summed E-state index contributed by atoms with van der Waals surface area (Å²) in [5.41, 5.74) is 3.27. The van der Waals surface area contributed by atoms with Crippen LogP contribution >= 0.6 is 11.3 Å². The summed E-state index contributed by atoms with van der Waals surface area (Å²) in [6.45, 7) is 9.64. The lowest BCUT2D eigenvalue weighted by Crippen LogP contribution is -2.60. The third-order valence-electron chi connectivity index (χ3n) is 7.99. The van der Waals surface area contributed by atoms with Crippen LogP contribution in [0.2, 0.25) is 0 Å². The van der Waals surface area contributed by atoms with Gasteiger partial charge in [-0.3, -0.25) is 9.69 Å². The number of carbonyl (C=O) groups excluding carboxylic acids is 1. The van der Waals surface area contributed by atoms with Crippen molar-refractivity contribution in [3.8, 4) is 21.8 Å². The number of hydrogen-bond donors (Lipinski definition) is 2. The first kappa shape index (κ1) is 28.7. The van der Waals surface area contributed by atoms with Gasteiger partial charge in [-0.05, 0) is 62.5 Å². The fourth-order valence-electron chi connectivity index (χ4n) is 5.32. The molecule has 0 spiro atoms. The van der Waals surface area contributed by atoms with Gasteiger partial charge in [0.05, 0.1) is 39.3 Å². The molecule has 1 aliphatic carbocycles. The van der Waals surface area contributed by atoms with Gasteiger partial charge in [0.2, 0.25) is 10.0 Å². The van der Waals surface area contributed by atoms with Gasteiger partial charge in [0, 0.05) is 37.4 Å². The SMILES string of the molecule is CCN(CC)C(C)CNC(=O)c1cc(-c2cnn3ccc(-c4cccs4)nc23)nc(N2CC(NS(=O)(=O)C3CC3)C2)c1. The van der Waals surface area contributed by atoms with Crippen molar-refractivity contribution in [1.82, 2.24) is 34.5 Å². The number of sulfonamides is 1. The van der Waals surface area contributed by atoms with Gasteiger partial charge in [0.15, 0.2) is 5.65 Å². The Kier molecular flexibility index (Phi) is 8.01. The minimum atomic E-state index is -3.28. The van der Waals surface area contributed by atoms with Crippen LogP contribution in [0.3, 0.4) is 0 Å². The van der Waals surface area contributed by atoms with Gasteiger partial charge in [0.25, 0.3) is 5.91 Å². The molecule has 2 fully saturated rings. The zero-order chi connectivity index (χ0) is 29.4. The first-order chi connectivity index (χ1) is 20.3.